The van der Waals surface area contributed by atoms with E-state index in [-0.39, 0.29) is 31.2 Å². The van der Waals surface area contributed by atoms with Crippen molar-refractivity contribution in [1.29, 1.82) is 0 Å². The normalized spacial score (nSPS) is 24.4. The van der Waals surface area contributed by atoms with Crippen LogP contribution in [0, 0.1) is 11.3 Å². The van der Waals surface area contributed by atoms with Gasteiger partial charge in [-0.2, -0.15) is 13.2 Å². The molecule has 2 fully saturated rings. The number of hydrogen-bond acceptors (Lipinski definition) is 2. The zero-order chi connectivity index (χ0) is 12.5. The Morgan fingerprint density at radius 1 is 1.29 bits per heavy atom. The summed E-state index contributed by atoms with van der Waals surface area (Å²) >= 11 is 0. The van der Waals surface area contributed by atoms with Crippen molar-refractivity contribution >= 4 is 5.91 Å². The fourth-order valence-electron chi connectivity index (χ4n) is 2.21. The van der Waals surface area contributed by atoms with Crippen LogP contribution in [0.5, 0.6) is 0 Å². The number of alkyl halides is 3. The van der Waals surface area contributed by atoms with Crippen molar-refractivity contribution < 1.29 is 18.0 Å². The highest BCUT2D eigenvalue weighted by atomic mass is 19.4. The molecule has 0 unspecified atom stereocenters. The molecule has 0 aromatic heterocycles. The van der Waals surface area contributed by atoms with E-state index in [1.165, 1.54) is 0 Å². The van der Waals surface area contributed by atoms with Gasteiger partial charge in [0.25, 0.3) is 0 Å². The Bertz CT molecular complexity index is 294. The summed E-state index contributed by atoms with van der Waals surface area (Å²) in [5.74, 6) is -0.255. The molecule has 1 aliphatic carbocycles. The van der Waals surface area contributed by atoms with E-state index in [0.29, 0.717) is 13.1 Å². The summed E-state index contributed by atoms with van der Waals surface area (Å²) in [5, 5.41) is 5.40. The van der Waals surface area contributed by atoms with Crippen molar-refractivity contribution in [2.75, 3.05) is 19.6 Å². The van der Waals surface area contributed by atoms with Gasteiger partial charge in [-0.3, -0.25) is 4.79 Å². The van der Waals surface area contributed by atoms with Gasteiger partial charge < -0.3 is 10.6 Å². The summed E-state index contributed by atoms with van der Waals surface area (Å²) in [5.41, 5.74) is -1.73. The van der Waals surface area contributed by atoms with Gasteiger partial charge in [0.2, 0.25) is 5.91 Å². The van der Waals surface area contributed by atoms with Crippen LogP contribution in [-0.2, 0) is 4.79 Å². The van der Waals surface area contributed by atoms with Crippen LogP contribution in [0.1, 0.15) is 25.7 Å². The smallest absolute Gasteiger partial charge is 0.355 e. The van der Waals surface area contributed by atoms with Crippen molar-refractivity contribution in [2.24, 2.45) is 11.3 Å². The van der Waals surface area contributed by atoms with Crippen LogP contribution in [0.25, 0.3) is 0 Å². The topological polar surface area (TPSA) is 41.1 Å². The molecule has 2 aliphatic rings. The fraction of sp³-hybridized carbons (Fsp3) is 0.909. The Morgan fingerprint density at radius 3 is 2.35 bits per heavy atom. The van der Waals surface area contributed by atoms with Gasteiger partial charge in [0.1, 0.15) is 0 Å². The lowest BCUT2D eigenvalue weighted by Gasteiger charge is -2.39. The highest BCUT2D eigenvalue weighted by Gasteiger charge is 2.54. The maximum Gasteiger partial charge on any atom is 0.396 e. The zero-order valence-corrected chi connectivity index (χ0v) is 9.57. The molecule has 0 aromatic carbocycles. The molecule has 0 aromatic rings. The van der Waals surface area contributed by atoms with Gasteiger partial charge in [-0.15, -0.1) is 0 Å². The molecule has 98 valence electrons. The first-order valence-electron chi connectivity index (χ1n) is 6.00. The first-order valence-corrected chi connectivity index (χ1v) is 6.00. The van der Waals surface area contributed by atoms with Crippen LogP contribution >= 0.6 is 0 Å². The predicted molar refractivity (Wildman–Crippen MR) is 56.3 cm³/mol. The Labute approximate surface area is 98.1 Å². The summed E-state index contributed by atoms with van der Waals surface area (Å²) in [4.78, 5) is 11.4. The van der Waals surface area contributed by atoms with Crippen LogP contribution in [-0.4, -0.2) is 31.7 Å². The molecule has 17 heavy (non-hydrogen) atoms. The van der Waals surface area contributed by atoms with Crippen molar-refractivity contribution in [2.45, 2.75) is 31.9 Å². The molecule has 1 saturated heterocycles. The quantitative estimate of drug-likeness (QED) is 0.796. The third-order valence-electron chi connectivity index (χ3n) is 3.71. The number of nitrogens with one attached hydrogen (secondary N) is 2. The Kier molecular flexibility index (Phi) is 3.34. The van der Waals surface area contributed by atoms with Gasteiger partial charge >= 0.3 is 6.18 Å². The molecule has 1 saturated carbocycles. The summed E-state index contributed by atoms with van der Waals surface area (Å²) in [6, 6.07) is 0. The second-order valence-corrected chi connectivity index (χ2v) is 5.02. The van der Waals surface area contributed by atoms with Crippen molar-refractivity contribution in [1.82, 2.24) is 10.6 Å². The predicted octanol–water partition coefficient (Wildman–Crippen LogP) is 1.44. The van der Waals surface area contributed by atoms with Crippen LogP contribution in [0.4, 0.5) is 13.2 Å². The molecule has 2 N–H and O–H groups in total. The standard InChI is InChI=1S/C11H17F3N2O/c12-11(13,14)10(3-5-15-6-4-10)7-16-9(17)8-1-2-8/h8,15H,1-7H2,(H,16,17). The first-order chi connectivity index (χ1) is 7.95. The van der Waals surface area contributed by atoms with E-state index in [2.05, 4.69) is 10.6 Å². The molecule has 3 nitrogen and oxygen atoms in total. The molecule has 0 spiro atoms. The van der Waals surface area contributed by atoms with E-state index < -0.39 is 11.6 Å². The van der Waals surface area contributed by atoms with Crippen LogP contribution in [0.3, 0.4) is 0 Å². The second kappa shape index (κ2) is 4.48. The van der Waals surface area contributed by atoms with E-state index in [9.17, 15) is 18.0 Å². The number of amides is 1. The average Bonchev–Trinajstić information content (AvgIpc) is 3.09. The first kappa shape index (κ1) is 12.7. The molecule has 1 aliphatic heterocycles. The van der Waals surface area contributed by atoms with Gasteiger partial charge in [-0.1, -0.05) is 0 Å². The van der Waals surface area contributed by atoms with Crippen molar-refractivity contribution in [3.63, 3.8) is 0 Å². The maximum atomic E-state index is 13.1. The molecule has 0 radical (unpaired) electrons. The van der Waals surface area contributed by atoms with E-state index >= 15 is 0 Å². The largest absolute Gasteiger partial charge is 0.396 e. The van der Waals surface area contributed by atoms with Crippen molar-refractivity contribution in [3.05, 3.63) is 0 Å². The number of carbonyl (C=O) groups excluding carboxylic acids is 1. The molecule has 1 heterocycles. The lowest BCUT2D eigenvalue weighted by Crippen LogP contribution is -2.53. The third-order valence-corrected chi connectivity index (χ3v) is 3.71. The Morgan fingerprint density at radius 2 is 1.88 bits per heavy atom. The van der Waals surface area contributed by atoms with Crippen LogP contribution < -0.4 is 10.6 Å². The summed E-state index contributed by atoms with van der Waals surface area (Å²) < 4.78 is 39.3. The van der Waals surface area contributed by atoms with Crippen LogP contribution in [0.15, 0.2) is 0 Å². The Balaban J connectivity index is 1.97. The molecule has 6 heteroatoms. The SMILES string of the molecule is O=C(NCC1(C(F)(F)F)CCNCC1)C1CC1. The van der Waals surface area contributed by atoms with E-state index in [1.807, 2.05) is 0 Å². The van der Waals surface area contributed by atoms with Gasteiger partial charge in [0, 0.05) is 12.5 Å². The number of carbonyl (C=O) groups is 1. The minimum Gasteiger partial charge on any atom is -0.355 e. The number of hydrogen-bond donors (Lipinski definition) is 2. The Hall–Kier alpha value is -0.780. The van der Waals surface area contributed by atoms with Gasteiger partial charge in [0.05, 0.1) is 5.41 Å². The average molecular weight is 250 g/mol. The molecular formula is C11H17F3N2O. The summed E-state index contributed by atoms with van der Waals surface area (Å²) in [7, 11) is 0. The molecule has 0 bridgehead atoms. The van der Waals surface area contributed by atoms with E-state index in [1.54, 1.807) is 0 Å². The number of halogens is 3. The van der Waals surface area contributed by atoms with E-state index in [0.717, 1.165) is 12.8 Å². The van der Waals surface area contributed by atoms with Crippen LogP contribution in [0.2, 0.25) is 0 Å². The van der Waals surface area contributed by atoms with E-state index in [4.69, 9.17) is 0 Å². The highest BCUT2D eigenvalue weighted by molar-refractivity contribution is 5.80. The van der Waals surface area contributed by atoms with Gasteiger partial charge in [-0.25, -0.2) is 0 Å². The highest BCUT2D eigenvalue weighted by Crippen LogP contribution is 2.44. The maximum absolute atomic E-state index is 13.1. The van der Waals surface area contributed by atoms with Gasteiger partial charge in [0.15, 0.2) is 0 Å². The lowest BCUT2D eigenvalue weighted by atomic mass is 9.78. The number of piperidine rings is 1. The van der Waals surface area contributed by atoms with Gasteiger partial charge in [-0.05, 0) is 38.8 Å². The molecule has 1 amide bonds. The molecular weight excluding hydrogens is 233 g/mol. The molecule has 2 rings (SSSR count). The van der Waals surface area contributed by atoms with Crippen molar-refractivity contribution in [3.8, 4) is 0 Å². The lowest BCUT2D eigenvalue weighted by molar-refractivity contribution is -0.230. The minimum atomic E-state index is -4.24. The second-order valence-electron chi connectivity index (χ2n) is 5.02. The molecule has 0 atom stereocenters. The summed E-state index contributed by atoms with van der Waals surface area (Å²) in [6.45, 7) is 0.450. The zero-order valence-electron chi connectivity index (χ0n) is 9.57. The fourth-order valence-corrected chi connectivity index (χ4v) is 2.21. The number of rotatable bonds is 3. The minimum absolute atomic E-state index is 0.0398. The third kappa shape index (κ3) is 2.73. The monoisotopic (exact) mass is 250 g/mol. The summed E-state index contributed by atoms with van der Waals surface area (Å²) in [6.07, 6.45) is -2.53.